The molecule has 0 saturated carbocycles. The fourth-order valence-electron chi connectivity index (χ4n) is 1.75. The number of nitrogens with zero attached hydrogens (tertiary/aromatic N) is 1. The number of ether oxygens (including phenoxy) is 1. The van der Waals surface area contributed by atoms with Gasteiger partial charge in [0.15, 0.2) is 6.61 Å². The van der Waals surface area contributed by atoms with Crippen LogP contribution >= 0.6 is 0 Å². The molecule has 0 aliphatic heterocycles. The van der Waals surface area contributed by atoms with Crippen LogP contribution in [0.3, 0.4) is 0 Å². The quantitative estimate of drug-likeness (QED) is 0.646. The zero-order valence-corrected chi connectivity index (χ0v) is 13.9. The van der Waals surface area contributed by atoms with Gasteiger partial charge in [-0.05, 0) is 31.4 Å². The van der Waals surface area contributed by atoms with E-state index in [4.69, 9.17) is 10.00 Å². The Hall–Kier alpha value is -2.61. The maximum Gasteiger partial charge on any atom is 0.331 e. The molecule has 0 aliphatic rings. The SMILES string of the molecule is Cc1cccc(/C=C/C(=O)OCC(=O)N[C@](C)(C#N)C(C)C)c1. The number of carbonyl (C=O) groups is 2. The Balaban J connectivity index is 2.50. The molecule has 0 saturated heterocycles. The van der Waals surface area contributed by atoms with E-state index in [1.54, 1.807) is 13.0 Å². The third-order valence-electron chi connectivity index (χ3n) is 3.59. The van der Waals surface area contributed by atoms with Crippen LogP contribution in [0.5, 0.6) is 0 Å². The van der Waals surface area contributed by atoms with Gasteiger partial charge in [0, 0.05) is 6.08 Å². The molecule has 1 aromatic rings. The Morgan fingerprint density at radius 1 is 1.43 bits per heavy atom. The molecular formula is C18H22N2O3. The Labute approximate surface area is 137 Å². The van der Waals surface area contributed by atoms with E-state index >= 15 is 0 Å². The van der Waals surface area contributed by atoms with Crippen molar-refractivity contribution in [2.24, 2.45) is 5.92 Å². The van der Waals surface area contributed by atoms with Crippen LogP contribution in [0.4, 0.5) is 0 Å². The first kappa shape index (κ1) is 18.4. The lowest BCUT2D eigenvalue weighted by atomic mass is 9.90. The molecule has 0 fully saturated rings. The standard InChI is InChI=1S/C18H22N2O3/c1-13(2)18(4,12-19)20-16(21)11-23-17(22)9-8-15-7-5-6-14(3)10-15/h5-10,13H,11H2,1-4H3,(H,20,21)/b9-8+/t18-/m1/s1. The molecule has 1 atom stereocenters. The minimum absolute atomic E-state index is 0.0617. The number of esters is 1. The van der Waals surface area contributed by atoms with E-state index in [-0.39, 0.29) is 5.92 Å². The predicted octanol–water partition coefficient (Wildman–Crippen LogP) is 2.61. The topological polar surface area (TPSA) is 79.2 Å². The molecule has 1 aromatic carbocycles. The van der Waals surface area contributed by atoms with E-state index in [0.717, 1.165) is 11.1 Å². The highest BCUT2D eigenvalue weighted by Gasteiger charge is 2.30. The number of amides is 1. The summed E-state index contributed by atoms with van der Waals surface area (Å²) in [5.41, 5.74) is 0.980. The third-order valence-corrected chi connectivity index (χ3v) is 3.59. The normalized spacial score (nSPS) is 13.4. The van der Waals surface area contributed by atoms with E-state index in [2.05, 4.69) is 11.4 Å². The summed E-state index contributed by atoms with van der Waals surface area (Å²) in [5.74, 6) is -1.17. The van der Waals surface area contributed by atoms with Crippen LogP contribution in [0.2, 0.25) is 0 Å². The van der Waals surface area contributed by atoms with Crippen molar-refractivity contribution in [3.63, 3.8) is 0 Å². The Bertz CT molecular complexity index is 644. The molecule has 0 unspecified atom stereocenters. The molecule has 0 spiro atoms. The summed E-state index contributed by atoms with van der Waals surface area (Å²) in [7, 11) is 0. The van der Waals surface area contributed by atoms with Gasteiger partial charge < -0.3 is 10.1 Å². The average Bonchev–Trinajstić information content (AvgIpc) is 2.50. The highest BCUT2D eigenvalue weighted by Crippen LogP contribution is 2.14. The highest BCUT2D eigenvalue weighted by atomic mass is 16.5. The van der Waals surface area contributed by atoms with Gasteiger partial charge in [0.05, 0.1) is 6.07 Å². The van der Waals surface area contributed by atoms with Gasteiger partial charge in [-0.1, -0.05) is 43.7 Å². The van der Waals surface area contributed by atoms with Gasteiger partial charge >= 0.3 is 5.97 Å². The third kappa shape index (κ3) is 5.95. The molecule has 1 amide bonds. The summed E-state index contributed by atoms with van der Waals surface area (Å²) in [5, 5.41) is 11.7. The van der Waals surface area contributed by atoms with Crippen LogP contribution in [-0.2, 0) is 14.3 Å². The van der Waals surface area contributed by atoms with Crippen molar-refractivity contribution >= 4 is 18.0 Å². The highest BCUT2D eigenvalue weighted by molar-refractivity contribution is 5.89. The number of rotatable bonds is 6. The number of hydrogen-bond donors (Lipinski definition) is 1. The molecular weight excluding hydrogens is 292 g/mol. The van der Waals surface area contributed by atoms with Crippen molar-refractivity contribution in [2.45, 2.75) is 33.2 Å². The fourth-order valence-corrected chi connectivity index (χ4v) is 1.75. The minimum Gasteiger partial charge on any atom is -0.452 e. The molecule has 5 heteroatoms. The zero-order valence-electron chi connectivity index (χ0n) is 13.9. The Kier molecular flexibility index (Phi) is 6.52. The minimum atomic E-state index is -0.985. The first-order chi connectivity index (χ1) is 10.8. The number of carbonyl (C=O) groups excluding carboxylic acids is 2. The van der Waals surface area contributed by atoms with Crippen LogP contribution in [0.15, 0.2) is 30.3 Å². The molecule has 0 heterocycles. The molecule has 0 radical (unpaired) electrons. The van der Waals surface area contributed by atoms with Crippen LogP contribution in [0.25, 0.3) is 6.08 Å². The lowest BCUT2D eigenvalue weighted by Gasteiger charge is -2.27. The molecule has 1 rings (SSSR count). The van der Waals surface area contributed by atoms with Gasteiger partial charge in [0.25, 0.3) is 5.91 Å². The van der Waals surface area contributed by atoms with Gasteiger partial charge in [-0.25, -0.2) is 4.79 Å². The van der Waals surface area contributed by atoms with E-state index in [1.807, 2.05) is 45.0 Å². The van der Waals surface area contributed by atoms with Crippen LogP contribution in [-0.4, -0.2) is 24.0 Å². The molecule has 122 valence electrons. The summed E-state index contributed by atoms with van der Waals surface area (Å²) >= 11 is 0. The molecule has 0 aromatic heterocycles. The smallest absolute Gasteiger partial charge is 0.331 e. The number of benzene rings is 1. The van der Waals surface area contributed by atoms with Crippen LogP contribution < -0.4 is 5.32 Å². The van der Waals surface area contributed by atoms with Gasteiger partial charge in [0.2, 0.25) is 0 Å². The number of aryl methyl sites for hydroxylation is 1. The van der Waals surface area contributed by atoms with Gasteiger partial charge in [-0.15, -0.1) is 0 Å². The summed E-state index contributed by atoms with van der Waals surface area (Å²) in [6.45, 7) is 6.84. The van der Waals surface area contributed by atoms with Gasteiger partial charge in [-0.2, -0.15) is 5.26 Å². The van der Waals surface area contributed by atoms with Crippen molar-refractivity contribution in [2.75, 3.05) is 6.61 Å². The summed E-state index contributed by atoms with van der Waals surface area (Å²) in [6, 6.07) is 9.71. The zero-order chi connectivity index (χ0) is 17.5. The maximum atomic E-state index is 11.8. The lowest BCUT2D eigenvalue weighted by Crippen LogP contribution is -2.50. The average molecular weight is 314 g/mol. The molecule has 5 nitrogen and oxygen atoms in total. The van der Waals surface area contributed by atoms with E-state index in [1.165, 1.54) is 6.08 Å². The largest absolute Gasteiger partial charge is 0.452 e. The van der Waals surface area contributed by atoms with Crippen molar-refractivity contribution in [1.29, 1.82) is 5.26 Å². The van der Waals surface area contributed by atoms with Crippen LogP contribution in [0.1, 0.15) is 31.9 Å². The van der Waals surface area contributed by atoms with Crippen LogP contribution in [0, 0.1) is 24.2 Å². The molecule has 23 heavy (non-hydrogen) atoms. The fraction of sp³-hybridized carbons (Fsp3) is 0.389. The number of nitriles is 1. The van der Waals surface area contributed by atoms with E-state index in [0.29, 0.717) is 0 Å². The van der Waals surface area contributed by atoms with Gasteiger partial charge in [0.1, 0.15) is 5.54 Å². The first-order valence-corrected chi connectivity index (χ1v) is 7.40. The Morgan fingerprint density at radius 3 is 2.70 bits per heavy atom. The van der Waals surface area contributed by atoms with Gasteiger partial charge in [-0.3, -0.25) is 4.79 Å². The monoisotopic (exact) mass is 314 g/mol. The number of nitrogens with one attached hydrogen (secondary N) is 1. The second-order valence-corrected chi connectivity index (χ2v) is 5.87. The molecule has 0 bridgehead atoms. The van der Waals surface area contributed by atoms with E-state index in [9.17, 15) is 9.59 Å². The second kappa shape index (κ2) is 8.14. The summed E-state index contributed by atoms with van der Waals surface area (Å²) < 4.78 is 4.88. The van der Waals surface area contributed by atoms with Crippen molar-refractivity contribution in [1.82, 2.24) is 5.32 Å². The molecule has 0 aliphatic carbocycles. The maximum absolute atomic E-state index is 11.8. The predicted molar refractivity (Wildman–Crippen MR) is 88.2 cm³/mol. The van der Waals surface area contributed by atoms with Crippen molar-refractivity contribution in [3.05, 3.63) is 41.5 Å². The van der Waals surface area contributed by atoms with Crippen molar-refractivity contribution in [3.8, 4) is 6.07 Å². The molecule has 1 N–H and O–H groups in total. The summed E-state index contributed by atoms with van der Waals surface area (Å²) in [6.07, 6.45) is 2.90. The second-order valence-electron chi connectivity index (χ2n) is 5.87. The first-order valence-electron chi connectivity index (χ1n) is 7.40. The number of hydrogen-bond acceptors (Lipinski definition) is 4. The summed E-state index contributed by atoms with van der Waals surface area (Å²) in [4.78, 5) is 23.4. The lowest BCUT2D eigenvalue weighted by molar-refractivity contribution is -0.144. The van der Waals surface area contributed by atoms with E-state index < -0.39 is 24.0 Å². The van der Waals surface area contributed by atoms with Crippen molar-refractivity contribution < 1.29 is 14.3 Å². The Morgan fingerprint density at radius 2 is 2.13 bits per heavy atom.